The van der Waals surface area contributed by atoms with Gasteiger partial charge in [0.1, 0.15) is 16.8 Å². The van der Waals surface area contributed by atoms with Crippen molar-refractivity contribution in [1.29, 1.82) is 0 Å². The zero-order valence-electron chi connectivity index (χ0n) is 28.5. The van der Waals surface area contributed by atoms with E-state index in [2.05, 4.69) is 19.7 Å². The molecule has 0 radical (unpaired) electrons. The van der Waals surface area contributed by atoms with Crippen LogP contribution in [0.2, 0.25) is 0 Å². The molecule has 0 bridgehead atoms. The van der Waals surface area contributed by atoms with Gasteiger partial charge in [0.25, 0.3) is 0 Å². The summed E-state index contributed by atoms with van der Waals surface area (Å²) in [5.74, 6) is -1.09. The Morgan fingerprint density at radius 3 is 1.18 bits per heavy atom. The smallest absolute Gasteiger partial charge is 0.312 e. The van der Waals surface area contributed by atoms with Crippen LogP contribution in [0.25, 0.3) is 0 Å². The van der Waals surface area contributed by atoms with Crippen LogP contribution < -0.4 is 0 Å². The van der Waals surface area contributed by atoms with Gasteiger partial charge >= 0.3 is 17.9 Å². The van der Waals surface area contributed by atoms with Gasteiger partial charge in [-0.25, -0.2) is 0 Å². The predicted octanol–water partition coefficient (Wildman–Crippen LogP) is 9.51. The van der Waals surface area contributed by atoms with Gasteiger partial charge in [-0.15, -0.1) is 0 Å². The first-order valence-electron chi connectivity index (χ1n) is 17.3. The molecule has 3 aliphatic rings. The number of hydrogen-bond donors (Lipinski definition) is 0. The number of ether oxygens (including phenoxy) is 3. The van der Waals surface area contributed by atoms with Crippen molar-refractivity contribution < 1.29 is 28.6 Å². The van der Waals surface area contributed by atoms with Crippen LogP contribution in [0.5, 0.6) is 0 Å². The van der Waals surface area contributed by atoms with Crippen molar-refractivity contribution in [2.45, 2.75) is 167 Å². The van der Waals surface area contributed by atoms with Gasteiger partial charge < -0.3 is 14.2 Å². The van der Waals surface area contributed by atoms with Crippen LogP contribution in [-0.4, -0.2) is 34.7 Å². The molecule has 0 saturated heterocycles. The van der Waals surface area contributed by atoms with Gasteiger partial charge in [0, 0.05) is 0 Å². The molecule has 0 aromatic carbocycles. The minimum atomic E-state index is -1.18. The van der Waals surface area contributed by atoms with Crippen molar-refractivity contribution >= 4 is 17.9 Å². The molecule has 0 heterocycles. The highest BCUT2D eigenvalue weighted by atomic mass is 16.6. The molecule has 2 unspecified atom stereocenters. The van der Waals surface area contributed by atoms with Crippen molar-refractivity contribution in [3.63, 3.8) is 0 Å². The molecule has 3 rings (SSSR count). The van der Waals surface area contributed by atoms with Crippen molar-refractivity contribution in [1.82, 2.24) is 0 Å². The van der Waals surface area contributed by atoms with Crippen molar-refractivity contribution in [3.8, 4) is 0 Å². The second-order valence-electron chi connectivity index (χ2n) is 15.4. The van der Waals surface area contributed by atoms with Crippen LogP contribution in [0, 0.1) is 16.2 Å². The minimum absolute atomic E-state index is 0.160. The summed E-state index contributed by atoms with van der Waals surface area (Å²) in [5.41, 5.74) is -5.30. The van der Waals surface area contributed by atoms with E-state index in [1.165, 1.54) is 0 Å². The summed E-state index contributed by atoms with van der Waals surface area (Å²) >= 11 is 0. The Labute approximate surface area is 267 Å². The molecule has 0 spiro atoms. The summed E-state index contributed by atoms with van der Waals surface area (Å²) in [6.45, 7) is 21.4. The Morgan fingerprint density at radius 1 is 0.545 bits per heavy atom. The molecule has 248 valence electrons. The van der Waals surface area contributed by atoms with Crippen molar-refractivity contribution in [2.75, 3.05) is 0 Å². The number of hydrogen-bond acceptors (Lipinski definition) is 6. The second kappa shape index (κ2) is 14.4. The lowest BCUT2D eigenvalue weighted by molar-refractivity contribution is -0.183. The van der Waals surface area contributed by atoms with Gasteiger partial charge in [-0.05, 0) is 142 Å². The van der Waals surface area contributed by atoms with Gasteiger partial charge in [0.2, 0.25) is 0 Å². The molecule has 0 amide bonds. The summed E-state index contributed by atoms with van der Waals surface area (Å²) in [7, 11) is 0. The highest BCUT2D eigenvalue weighted by Gasteiger charge is 2.53. The Morgan fingerprint density at radius 2 is 0.864 bits per heavy atom. The first-order chi connectivity index (χ1) is 20.7. The first-order valence-corrected chi connectivity index (χ1v) is 17.3. The van der Waals surface area contributed by atoms with E-state index in [4.69, 9.17) is 14.2 Å². The van der Waals surface area contributed by atoms with Crippen molar-refractivity contribution in [2.24, 2.45) is 16.2 Å². The molecule has 0 aromatic rings. The first kappa shape index (κ1) is 36.1. The number of carbonyl (C=O) groups excluding carboxylic acids is 3. The third kappa shape index (κ3) is 8.26. The molecule has 6 heteroatoms. The normalized spacial score (nSPS) is 23.9. The summed E-state index contributed by atoms with van der Waals surface area (Å²) < 4.78 is 18.9. The van der Waals surface area contributed by atoms with E-state index in [0.29, 0.717) is 6.42 Å². The average molecular weight is 613 g/mol. The SMILES string of the molecule is C=CC1(OC(=O)C(C)(C)CC(C)(CC(C)(CC)C(=O)OC2(C=C)CCCCC2)C(=O)OC2(C=C)CCCCC2)CCCCC1. The number of esters is 3. The fraction of sp³-hybridized carbons (Fsp3) is 0.763. The van der Waals surface area contributed by atoms with Crippen LogP contribution in [0.1, 0.15) is 150 Å². The molecule has 2 atom stereocenters. The molecule has 0 N–H and O–H groups in total. The van der Waals surface area contributed by atoms with E-state index < -0.39 is 39.0 Å². The monoisotopic (exact) mass is 612 g/mol. The largest absolute Gasteiger partial charge is 0.454 e. The fourth-order valence-electron chi connectivity index (χ4n) is 7.89. The lowest BCUT2D eigenvalue weighted by Gasteiger charge is -2.44. The Bertz CT molecular complexity index is 1050. The Hall–Kier alpha value is -2.37. The molecule has 6 nitrogen and oxygen atoms in total. The quantitative estimate of drug-likeness (QED) is 0.110. The van der Waals surface area contributed by atoms with Crippen LogP contribution in [0.15, 0.2) is 38.0 Å². The molecule has 3 saturated carbocycles. The maximum absolute atomic E-state index is 14.4. The lowest BCUT2D eigenvalue weighted by atomic mass is 9.64. The zero-order valence-corrected chi connectivity index (χ0v) is 28.5. The van der Waals surface area contributed by atoms with Crippen LogP contribution in [0.3, 0.4) is 0 Å². The van der Waals surface area contributed by atoms with E-state index in [-0.39, 0.29) is 24.8 Å². The molecule has 0 aliphatic heterocycles. The van der Waals surface area contributed by atoms with Crippen molar-refractivity contribution in [3.05, 3.63) is 38.0 Å². The second-order valence-corrected chi connectivity index (χ2v) is 15.4. The predicted molar refractivity (Wildman–Crippen MR) is 176 cm³/mol. The third-order valence-electron chi connectivity index (χ3n) is 11.0. The van der Waals surface area contributed by atoms with E-state index in [0.717, 1.165) is 96.3 Å². The minimum Gasteiger partial charge on any atom is -0.454 e. The topological polar surface area (TPSA) is 78.9 Å². The van der Waals surface area contributed by atoms with Crippen LogP contribution in [0.4, 0.5) is 0 Å². The van der Waals surface area contributed by atoms with E-state index in [1.54, 1.807) is 18.2 Å². The molecule has 0 aromatic heterocycles. The fourth-order valence-corrected chi connectivity index (χ4v) is 7.89. The maximum atomic E-state index is 14.4. The summed E-state index contributed by atoms with van der Waals surface area (Å²) in [5, 5.41) is 0. The molecular weight excluding hydrogens is 552 g/mol. The molecule has 3 fully saturated rings. The maximum Gasteiger partial charge on any atom is 0.312 e. The summed E-state index contributed by atoms with van der Waals surface area (Å²) in [6.07, 6.45) is 19.8. The standard InChI is InChI=1S/C38H60O6/c1-9-34(7,31(40)43-37(11-3)24-18-14-19-25-37)29-35(8,32(41)44-38(12-4)26-20-15-21-27-38)28-33(5,6)30(39)42-36(10-2)22-16-13-17-23-36/h10-12H,2-4,9,13-29H2,1,5-8H3. The van der Waals surface area contributed by atoms with Gasteiger partial charge in [-0.3, -0.25) is 14.4 Å². The number of rotatable bonds is 14. The molecule has 44 heavy (non-hydrogen) atoms. The number of carbonyl (C=O) groups is 3. The van der Waals surface area contributed by atoms with Gasteiger partial charge in [0.05, 0.1) is 16.2 Å². The van der Waals surface area contributed by atoms with E-state index in [1.807, 2.05) is 34.6 Å². The van der Waals surface area contributed by atoms with Gasteiger partial charge in [-0.1, -0.05) is 45.9 Å². The van der Waals surface area contributed by atoms with Gasteiger partial charge in [-0.2, -0.15) is 0 Å². The van der Waals surface area contributed by atoms with E-state index >= 15 is 0 Å². The Balaban J connectivity index is 1.94. The highest BCUT2D eigenvalue weighted by molar-refractivity contribution is 5.83. The van der Waals surface area contributed by atoms with Crippen LogP contribution >= 0.6 is 0 Å². The highest BCUT2D eigenvalue weighted by Crippen LogP contribution is 2.49. The lowest BCUT2D eigenvalue weighted by Crippen LogP contribution is -2.49. The zero-order chi connectivity index (χ0) is 32.7. The third-order valence-corrected chi connectivity index (χ3v) is 11.0. The molecule has 3 aliphatic carbocycles. The van der Waals surface area contributed by atoms with Gasteiger partial charge in [0.15, 0.2) is 0 Å². The Kier molecular flexibility index (Phi) is 11.8. The molecular formula is C38H60O6. The van der Waals surface area contributed by atoms with Crippen LogP contribution in [-0.2, 0) is 28.6 Å². The summed E-state index contributed by atoms with van der Waals surface area (Å²) in [4.78, 5) is 42.3. The summed E-state index contributed by atoms with van der Waals surface area (Å²) in [6, 6.07) is 0. The average Bonchev–Trinajstić information content (AvgIpc) is 3.01. The van der Waals surface area contributed by atoms with E-state index in [9.17, 15) is 14.4 Å².